The molecule has 10 rings (SSSR count). The third-order valence-corrected chi connectivity index (χ3v) is 12.8. The maximum atomic E-state index is 13.7. The first-order valence-electron chi connectivity index (χ1n) is 22.6. The monoisotopic (exact) mass is 886 g/mol. The molecular weight excluding hydrogens is 833 g/mol. The molecule has 8 aromatic rings. The van der Waals surface area contributed by atoms with Crippen LogP contribution in [-0.2, 0) is 32.0 Å². The van der Waals surface area contributed by atoms with E-state index in [4.69, 9.17) is 23.9 Å². The molecule has 4 aromatic carbocycles. The summed E-state index contributed by atoms with van der Waals surface area (Å²) in [6, 6.07) is 38.3. The number of carbonyl (C=O) groups excluding carboxylic acids is 2. The van der Waals surface area contributed by atoms with E-state index in [9.17, 15) is 14.4 Å². The van der Waals surface area contributed by atoms with E-state index in [-0.39, 0.29) is 23.5 Å². The van der Waals surface area contributed by atoms with Crippen molar-refractivity contribution in [2.75, 3.05) is 43.4 Å². The number of rotatable bonds is 11. The zero-order valence-corrected chi connectivity index (χ0v) is 37.5. The number of aromatic carboxylic acids is 1. The predicted molar refractivity (Wildman–Crippen MR) is 255 cm³/mol. The van der Waals surface area contributed by atoms with Crippen molar-refractivity contribution in [3.8, 4) is 22.6 Å². The highest BCUT2D eigenvalue weighted by Crippen LogP contribution is 2.32. The second kappa shape index (κ2) is 19.3. The molecule has 0 bridgehead atoms. The number of imidazole rings is 2. The minimum Gasteiger partial charge on any atom is -0.475 e. The Labute approximate surface area is 383 Å². The maximum Gasteiger partial charge on any atom is 0.371 e. The van der Waals surface area contributed by atoms with E-state index in [1.54, 1.807) is 12.1 Å². The van der Waals surface area contributed by atoms with Crippen molar-refractivity contribution in [3.63, 3.8) is 0 Å². The van der Waals surface area contributed by atoms with Crippen molar-refractivity contribution in [3.05, 3.63) is 144 Å². The molecule has 1 aliphatic heterocycles. The number of hydrogen-bond donors (Lipinski definition) is 2. The van der Waals surface area contributed by atoms with Crippen LogP contribution in [0.5, 0.6) is 0 Å². The Morgan fingerprint density at radius 2 is 1.20 bits per heavy atom. The zero-order valence-electron chi connectivity index (χ0n) is 37.5. The lowest BCUT2D eigenvalue weighted by Crippen LogP contribution is -2.47. The number of aryl methyl sites for hydroxylation is 2. The number of likely N-dealkylation sites (N-methyl/N-ethyl adjacent to an activating group) is 1. The number of fused-ring (bicyclic) bond motifs is 2. The van der Waals surface area contributed by atoms with Crippen LogP contribution in [0.2, 0.25) is 0 Å². The summed E-state index contributed by atoms with van der Waals surface area (Å²) >= 11 is 0. The Bertz CT molecular complexity index is 2970. The van der Waals surface area contributed by atoms with Crippen molar-refractivity contribution in [2.45, 2.75) is 45.2 Å². The van der Waals surface area contributed by atoms with Crippen LogP contribution < -0.4 is 10.2 Å². The van der Waals surface area contributed by atoms with E-state index in [1.807, 2.05) is 126 Å². The lowest BCUT2D eigenvalue weighted by Gasteiger charge is -2.31. The van der Waals surface area contributed by atoms with E-state index in [1.165, 1.54) is 12.5 Å². The third-order valence-electron chi connectivity index (χ3n) is 12.8. The van der Waals surface area contributed by atoms with Gasteiger partial charge in [-0.3, -0.25) is 9.59 Å². The van der Waals surface area contributed by atoms with Crippen LogP contribution in [0.3, 0.4) is 0 Å². The van der Waals surface area contributed by atoms with Gasteiger partial charge in [-0.2, -0.15) is 0 Å². The lowest BCUT2D eigenvalue weighted by molar-refractivity contribution is -0.123. The number of carbonyl (C=O) groups is 3. The summed E-state index contributed by atoms with van der Waals surface area (Å²) in [7, 11) is 6.09. The first kappa shape index (κ1) is 43.8. The van der Waals surface area contributed by atoms with Gasteiger partial charge in [-0.1, -0.05) is 43.5 Å². The van der Waals surface area contributed by atoms with Crippen molar-refractivity contribution >= 4 is 51.2 Å². The summed E-state index contributed by atoms with van der Waals surface area (Å²) in [5.41, 5.74) is 7.55. The number of anilines is 2. The fraction of sp³-hybridized carbons (Fsp3) is 0.288. The van der Waals surface area contributed by atoms with Gasteiger partial charge in [0.2, 0.25) is 11.7 Å². The molecule has 1 saturated carbocycles. The molecule has 1 saturated heterocycles. The number of furan rings is 2. The van der Waals surface area contributed by atoms with Gasteiger partial charge < -0.3 is 43.1 Å². The Morgan fingerprint density at radius 3 is 1.79 bits per heavy atom. The maximum absolute atomic E-state index is 13.7. The molecule has 2 N–H and O–H groups in total. The standard InChI is InChI=1S/C27H27N3O4.C25H27N5O2/c1-29-22-10-6-5-9-21(22)28-25(29)17-30(26(31)19-7-3-2-4-8-19)20-13-11-18(12-14-20)23-15-16-24(34-23)27(32)33;1-28-13-15-30(16-14-28)25(31)23-12-11-22(32-23)18-7-9-19(10-8-18)26-17-24-27-20-5-3-4-6-21(20)29(24)2/h5-6,9-16,19H,2-4,7-8,17H2,1H3,(H,32,33);3-12,26H,13-17H2,1-2H3. The quantitative estimate of drug-likeness (QED) is 0.128. The van der Waals surface area contributed by atoms with Crippen molar-refractivity contribution in [1.82, 2.24) is 28.9 Å². The molecule has 14 nitrogen and oxygen atoms in total. The topological polar surface area (TPSA) is 155 Å². The van der Waals surface area contributed by atoms with Crippen LogP contribution in [0, 0.1) is 5.92 Å². The van der Waals surface area contributed by atoms with Gasteiger partial charge in [0.1, 0.15) is 23.2 Å². The molecule has 0 atom stereocenters. The van der Waals surface area contributed by atoms with Crippen LogP contribution in [0.4, 0.5) is 11.4 Å². The Kier molecular flexibility index (Phi) is 12.8. The average molecular weight is 887 g/mol. The van der Waals surface area contributed by atoms with Gasteiger partial charge in [0, 0.05) is 68.7 Å². The smallest absolute Gasteiger partial charge is 0.371 e. The van der Waals surface area contributed by atoms with E-state index < -0.39 is 5.97 Å². The molecule has 0 spiro atoms. The van der Waals surface area contributed by atoms with E-state index in [0.717, 1.165) is 108 Å². The zero-order chi connectivity index (χ0) is 45.7. The van der Waals surface area contributed by atoms with Crippen molar-refractivity contribution in [2.24, 2.45) is 20.0 Å². The fourth-order valence-corrected chi connectivity index (χ4v) is 8.82. The summed E-state index contributed by atoms with van der Waals surface area (Å²) in [5.74, 6) is 2.29. The molecule has 2 aliphatic rings. The molecule has 1 aliphatic carbocycles. The average Bonchev–Trinajstić information content (AvgIpc) is 4.18. The molecule has 2 amide bonds. The first-order valence-corrected chi connectivity index (χ1v) is 22.6. The Morgan fingerprint density at radius 1 is 0.652 bits per heavy atom. The molecule has 0 radical (unpaired) electrons. The highest BCUT2D eigenvalue weighted by atomic mass is 16.4. The third kappa shape index (κ3) is 9.50. The first-order chi connectivity index (χ1) is 32.1. The molecule has 338 valence electrons. The number of para-hydroxylation sites is 4. The van der Waals surface area contributed by atoms with Crippen LogP contribution in [0.15, 0.2) is 130 Å². The summed E-state index contributed by atoms with van der Waals surface area (Å²) in [5, 5.41) is 12.5. The number of carboxylic acid groups (broad SMARTS) is 1. The minimum atomic E-state index is -1.10. The van der Waals surface area contributed by atoms with E-state index in [2.05, 4.69) is 27.9 Å². The van der Waals surface area contributed by atoms with Crippen LogP contribution in [0.25, 0.3) is 44.7 Å². The number of benzene rings is 4. The molecule has 4 aromatic heterocycles. The van der Waals surface area contributed by atoms with Gasteiger partial charge in [0.25, 0.3) is 5.91 Å². The Hall–Kier alpha value is -7.45. The molecule has 0 unspecified atom stereocenters. The second-order valence-electron chi connectivity index (χ2n) is 17.1. The van der Waals surface area contributed by atoms with Gasteiger partial charge in [-0.15, -0.1) is 0 Å². The second-order valence-corrected chi connectivity index (χ2v) is 17.1. The van der Waals surface area contributed by atoms with Crippen LogP contribution in [0.1, 0.15) is 64.9 Å². The number of amides is 2. The van der Waals surface area contributed by atoms with Gasteiger partial charge in [0.15, 0.2) is 5.76 Å². The summed E-state index contributed by atoms with van der Waals surface area (Å²) in [6.07, 6.45) is 5.19. The summed E-state index contributed by atoms with van der Waals surface area (Å²) in [6.45, 7) is 4.26. The molecule has 14 heteroatoms. The van der Waals surface area contributed by atoms with Crippen molar-refractivity contribution < 1.29 is 28.3 Å². The highest BCUT2D eigenvalue weighted by molar-refractivity contribution is 5.95. The fourth-order valence-electron chi connectivity index (χ4n) is 8.82. The van der Waals surface area contributed by atoms with E-state index >= 15 is 0 Å². The molecule has 2 fully saturated rings. The summed E-state index contributed by atoms with van der Waals surface area (Å²) in [4.78, 5) is 52.9. The lowest BCUT2D eigenvalue weighted by atomic mass is 9.88. The van der Waals surface area contributed by atoms with Crippen LogP contribution in [-0.4, -0.2) is 85.0 Å². The SMILES string of the molecule is CN1CCN(C(=O)c2ccc(-c3ccc(NCc4nc5ccccc5n4C)cc3)o2)CC1.Cn1c(CN(C(=O)C2CCCCC2)c2ccc(-c3ccc(C(=O)O)o3)cc2)nc2ccccc21. The molecular formula is C52H54N8O6. The van der Waals surface area contributed by atoms with Crippen LogP contribution >= 0.6 is 0 Å². The highest BCUT2D eigenvalue weighted by Gasteiger charge is 2.29. The number of aromatic nitrogens is 4. The normalized spacial score (nSPS) is 14.6. The van der Waals surface area contributed by atoms with E-state index in [0.29, 0.717) is 30.4 Å². The van der Waals surface area contributed by atoms with Gasteiger partial charge in [-0.25, -0.2) is 14.8 Å². The summed E-state index contributed by atoms with van der Waals surface area (Å²) < 4.78 is 15.5. The van der Waals surface area contributed by atoms with Gasteiger partial charge in [0.05, 0.1) is 35.2 Å². The molecule has 66 heavy (non-hydrogen) atoms. The number of nitrogens with one attached hydrogen (secondary N) is 1. The number of nitrogens with zero attached hydrogens (tertiary/aromatic N) is 7. The number of piperazine rings is 1. The minimum absolute atomic E-state index is 0.0197. The van der Waals surface area contributed by atoms with Gasteiger partial charge >= 0.3 is 5.97 Å². The number of carboxylic acids is 1. The molecule has 5 heterocycles. The van der Waals surface area contributed by atoms with Crippen molar-refractivity contribution in [1.29, 1.82) is 0 Å². The predicted octanol–water partition coefficient (Wildman–Crippen LogP) is 9.48. The number of hydrogen-bond acceptors (Lipinski definition) is 9. The Balaban J connectivity index is 0.000000166. The largest absolute Gasteiger partial charge is 0.475 e. The van der Waals surface area contributed by atoms with Gasteiger partial charge in [-0.05, 0) is 117 Å².